The molecule has 0 aromatic heterocycles. The zero-order chi connectivity index (χ0) is 21.5. The molecule has 3 aromatic rings. The Morgan fingerprint density at radius 1 is 0.839 bits per heavy atom. The van der Waals surface area contributed by atoms with Gasteiger partial charge in [0.05, 0.1) is 17.4 Å². The minimum atomic E-state index is -0.854. The van der Waals surface area contributed by atoms with E-state index < -0.39 is 18.1 Å². The molecule has 0 aliphatic carbocycles. The third kappa shape index (κ3) is 3.36. The fourth-order valence-corrected chi connectivity index (χ4v) is 4.61. The number of carbonyl (C=O) groups is 2. The van der Waals surface area contributed by atoms with Crippen LogP contribution in [0.4, 0.5) is 11.4 Å². The number of aryl methyl sites for hydroxylation is 1. The van der Waals surface area contributed by atoms with Crippen LogP contribution in [0, 0.1) is 5.92 Å². The average Bonchev–Trinajstić information content (AvgIpc) is 3.31. The highest BCUT2D eigenvalue weighted by Gasteiger charge is 2.60. The normalized spacial score (nSPS) is 22.8. The average molecular weight is 477 g/mol. The maximum absolute atomic E-state index is 13.6. The van der Waals surface area contributed by atoms with Crippen molar-refractivity contribution < 1.29 is 14.4 Å². The molecule has 0 N–H and O–H groups in total. The van der Waals surface area contributed by atoms with Gasteiger partial charge in [-0.15, -0.1) is 0 Å². The van der Waals surface area contributed by atoms with E-state index in [0.717, 1.165) is 22.1 Å². The SMILES string of the molecule is CCc1ccc(C2C3C(=O)N(c4ccc(Br)cc4)C(=O)C3ON2c2ccccc2)cc1. The molecule has 2 fully saturated rings. The van der Waals surface area contributed by atoms with Crippen LogP contribution >= 0.6 is 15.9 Å². The first-order valence-corrected chi connectivity index (χ1v) is 11.1. The van der Waals surface area contributed by atoms with Gasteiger partial charge in [-0.05, 0) is 53.9 Å². The van der Waals surface area contributed by atoms with E-state index in [1.165, 1.54) is 10.5 Å². The first-order chi connectivity index (χ1) is 15.1. The second-order valence-corrected chi connectivity index (χ2v) is 8.66. The van der Waals surface area contributed by atoms with Gasteiger partial charge in [-0.2, -0.15) is 0 Å². The largest absolute Gasteiger partial charge is 0.273 e. The minimum Gasteiger partial charge on any atom is -0.273 e. The van der Waals surface area contributed by atoms with Crippen molar-refractivity contribution in [3.8, 4) is 0 Å². The third-order valence-electron chi connectivity index (χ3n) is 5.94. The Kier molecular flexibility index (Phi) is 5.12. The number of hydrogen-bond donors (Lipinski definition) is 0. The molecule has 2 aliphatic heterocycles. The van der Waals surface area contributed by atoms with Crippen molar-refractivity contribution in [1.29, 1.82) is 0 Å². The minimum absolute atomic E-state index is 0.236. The number of rotatable bonds is 4. The quantitative estimate of drug-likeness (QED) is 0.493. The fourth-order valence-electron chi connectivity index (χ4n) is 4.35. The van der Waals surface area contributed by atoms with Gasteiger partial charge in [0, 0.05) is 4.47 Å². The highest BCUT2D eigenvalue weighted by molar-refractivity contribution is 9.10. The molecule has 0 radical (unpaired) electrons. The number of anilines is 2. The first kappa shape index (κ1) is 20.0. The lowest BCUT2D eigenvalue weighted by Gasteiger charge is -2.28. The van der Waals surface area contributed by atoms with Crippen molar-refractivity contribution >= 4 is 39.1 Å². The summed E-state index contributed by atoms with van der Waals surface area (Å²) >= 11 is 3.40. The number of hydroxylamine groups is 1. The Bertz CT molecular complexity index is 1120. The van der Waals surface area contributed by atoms with Crippen LogP contribution in [-0.2, 0) is 20.8 Å². The van der Waals surface area contributed by atoms with Gasteiger partial charge in [0.2, 0.25) is 5.91 Å². The molecule has 2 saturated heterocycles. The molecule has 2 amide bonds. The summed E-state index contributed by atoms with van der Waals surface area (Å²) in [4.78, 5) is 34.3. The van der Waals surface area contributed by atoms with Crippen LogP contribution in [0.2, 0.25) is 0 Å². The second-order valence-electron chi connectivity index (χ2n) is 7.74. The molecule has 0 spiro atoms. The Balaban J connectivity index is 1.57. The summed E-state index contributed by atoms with van der Waals surface area (Å²) in [5.41, 5.74) is 3.54. The van der Waals surface area contributed by atoms with Crippen LogP contribution in [0.25, 0.3) is 0 Å². The Morgan fingerprint density at radius 2 is 1.52 bits per heavy atom. The summed E-state index contributed by atoms with van der Waals surface area (Å²) < 4.78 is 0.885. The van der Waals surface area contributed by atoms with Crippen molar-refractivity contribution in [1.82, 2.24) is 0 Å². The molecule has 5 rings (SSSR count). The second kappa shape index (κ2) is 7.94. The van der Waals surface area contributed by atoms with Crippen LogP contribution in [-0.4, -0.2) is 17.9 Å². The lowest BCUT2D eigenvalue weighted by Crippen LogP contribution is -2.37. The first-order valence-electron chi connectivity index (χ1n) is 10.3. The molecule has 5 nitrogen and oxygen atoms in total. The van der Waals surface area contributed by atoms with Gasteiger partial charge in [-0.3, -0.25) is 14.4 Å². The predicted octanol–water partition coefficient (Wildman–Crippen LogP) is 5.06. The lowest BCUT2D eigenvalue weighted by atomic mass is 9.90. The van der Waals surface area contributed by atoms with Gasteiger partial charge in [0.15, 0.2) is 6.10 Å². The van der Waals surface area contributed by atoms with E-state index in [4.69, 9.17) is 4.84 Å². The molecular formula is C25H21BrN2O3. The molecule has 0 saturated carbocycles. The van der Waals surface area contributed by atoms with Crippen molar-refractivity contribution in [2.75, 3.05) is 9.96 Å². The monoisotopic (exact) mass is 476 g/mol. The number of fused-ring (bicyclic) bond motifs is 1. The summed E-state index contributed by atoms with van der Waals surface area (Å²) in [6.07, 6.45) is 0.0807. The number of imide groups is 1. The number of para-hydroxylation sites is 1. The molecule has 2 aliphatic rings. The number of carbonyl (C=O) groups excluding carboxylic acids is 2. The topological polar surface area (TPSA) is 49.9 Å². The number of benzene rings is 3. The number of nitrogens with zero attached hydrogens (tertiary/aromatic N) is 2. The molecule has 0 bridgehead atoms. The summed E-state index contributed by atoms with van der Waals surface area (Å²) in [5.74, 6) is -1.19. The molecule has 2 heterocycles. The van der Waals surface area contributed by atoms with Gasteiger partial charge >= 0.3 is 0 Å². The van der Waals surface area contributed by atoms with E-state index in [1.807, 2.05) is 54.6 Å². The number of hydrogen-bond acceptors (Lipinski definition) is 4. The molecule has 156 valence electrons. The lowest BCUT2D eigenvalue weighted by molar-refractivity contribution is -0.126. The standard InChI is InChI=1S/C25H21BrN2O3/c1-2-16-8-10-17(11-9-16)22-21-23(31-28(22)20-6-4-3-5-7-20)25(30)27(24(21)29)19-14-12-18(26)13-15-19/h3-15,21-23H,2H2,1H3. The van der Waals surface area contributed by atoms with Crippen LogP contribution in [0.3, 0.4) is 0 Å². The highest BCUT2D eigenvalue weighted by Crippen LogP contribution is 2.47. The summed E-state index contributed by atoms with van der Waals surface area (Å²) in [6.45, 7) is 2.11. The van der Waals surface area contributed by atoms with Gasteiger partial charge in [0.1, 0.15) is 5.92 Å². The van der Waals surface area contributed by atoms with Crippen molar-refractivity contribution in [2.24, 2.45) is 5.92 Å². The van der Waals surface area contributed by atoms with Crippen LogP contribution < -0.4 is 9.96 Å². The van der Waals surface area contributed by atoms with E-state index in [9.17, 15) is 9.59 Å². The Hall–Kier alpha value is -2.96. The predicted molar refractivity (Wildman–Crippen MR) is 122 cm³/mol. The van der Waals surface area contributed by atoms with Gasteiger partial charge in [-0.1, -0.05) is 65.3 Å². The Morgan fingerprint density at radius 3 is 2.16 bits per heavy atom. The van der Waals surface area contributed by atoms with E-state index in [1.54, 1.807) is 17.2 Å². The van der Waals surface area contributed by atoms with E-state index in [2.05, 4.69) is 35.0 Å². The van der Waals surface area contributed by atoms with Gasteiger partial charge in [-0.25, -0.2) is 9.96 Å². The fraction of sp³-hybridized carbons (Fsp3) is 0.200. The molecule has 3 aromatic carbocycles. The molecule has 3 unspecified atom stereocenters. The smallest absolute Gasteiger partial charge is 0.266 e. The molecular weight excluding hydrogens is 456 g/mol. The molecule has 31 heavy (non-hydrogen) atoms. The van der Waals surface area contributed by atoms with Crippen molar-refractivity contribution in [3.63, 3.8) is 0 Å². The summed E-state index contributed by atoms with van der Waals surface area (Å²) in [6, 6.07) is 24.6. The zero-order valence-electron chi connectivity index (χ0n) is 16.9. The van der Waals surface area contributed by atoms with Gasteiger partial charge in [0.25, 0.3) is 5.91 Å². The molecule has 6 heteroatoms. The highest BCUT2D eigenvalue weighted by atomic mass is 79.9. The Labute approximate surface area is 189 Å². The zero-order valence-corrected chi connectivity index (χ0v) is 18.5. The van der Waals surface area contributed by atoms with Crippen LogP contribution in [0.5, 0.6) is 0 Å². The molecule has 3 atom stereocenters. The van der Waals surface area contributed by atoms with Crippen LogP contribution in [0.15, 0.2) is 83.3 Å². The number of amides is 2. The van der Waals surface area contributed by atoms with Crippen molar-refractivity contribution in [3.05, 3.63) is 94.5 Å². The van der Waals surface area contributed by atoms with Crippen LogP contribution in [0.1, 0.15) is 24.1 Å². The van der Waals surface area contributed by atoms with Crippen molar-refractivity contribution in [2.45, 2.75) is 25.5 Å². The third-order valence-corrected chi connectivity index (χ3v) is 6.47. The summed E-state index contributed by atoms with van der Waals surface area (Å²) in [7, 11) is 0. The van der Waals surface area contributed by atoms with E-state index >= 15 is 0 Å². The summed E-state index contributed by atoms with van der Waals surface area (Å²) in [5, 5.41) is 1.73. The maximum Gasteiger partial charge on any atom is 0.266 e. The van der Waals surface area contributed by atoms with E-state index in [-0.39, 0.29) is 11.8 Å². The van der Waals surface area contributed by atoms with E-state index in [0.29, 0.717) is 5.69 Å². The number of halogens is 1. The maximum atomic E-state index is 13.6. The van der Waals surface area contributed by atoms with Gasteiger partial charge < -0.3 is 0 Å².